The molecule has 2 aromatic heterocycles. The van der Waals surface area contributed by atoms with Crippen molar-refractivity contribution in [2.45, 2.75) is 26.4 Å². The maximum atomic E-state index is 12.4. The second kappa shape index (κ2) is 7.34. The summed E-state index contributed by atoms with van der Waals surface area (Å²) >= 11 is 0. The molecule has 0 radical (unpaired) electrons. The molecular weight excluding hydrogens is 334 g/mol. The van der Waals surface area contributed by atoms with Gasteiger partial charge in [0, 0.05) is 19.7 Å². The molecule has 0 spiro atoms. The highest BCUT2D eigenvalue weighted by Crippen LogP contribution is 2.19. The molecule has 1 aromatic carbocycles. The molecule has 0 aliphatic carbocycles. The van der Waals surface area contributed by atoms with E-state index in [2.05, 4.69) is 25.7 Å². The summed E-state index contributed by atoms with van der Waals surface area (Å²) in [6, 6.07) is 7.14. The van der Waals surface area contributed by atoms with Crippen LogP contribution in [0.4, 0.5) is 4.79 Å². The average Bonchev–Trinajstić information content (AvgIpc) is 3.24. The molecule has 9 heteroatoms. The van der Waals surface area contributed by atoms with Crippen LogP contribution in [-0.2, 0) is 13.6 Å². The quantitative estimate of drug-likeness (QED) is 0.752. The topological polar surface area (TPSA) is 102 Å². The number of amides is 2. The molecule has 9 nitrogen and oxygen atoms in total. The minimum absolute atomic E-state index is 0.268. The molecule has 3 aromatic rings. The number of nitrogens with zero attached hydrogens (tertiary/aromatic N) is 6. The first-order chi connectivity index (χ1) is 12.4. The molecule has 26 heavy (non-hydrogen) atoms. The predicted octanol–water partition coefficient (Wildman–Crippen LogP) is 2.08. The minimum atomic E-state index is -0.421. The third kappa shape index (κ3) is 3.88. The van der Waals surface area contributed by atoms with Crippen LogP contribution in [0.1, 0.15) is 30.2 Å². The number of carbonyl (C=O) groups excluding carboxylic acids is 1. The zero-order valence-electron chi connectivity index (χ0n) is 15.2. The van der Waals surface area contributed by atoms with E-state index >= 15 is 0 Å². The van der Waals surface area contributed by atoms with Crippen LogP contribution < -0.4 is 5.32 Å². The van der Waals surface area contributed by atoms with Gasteiger partial charge in [0.05, 0.1) is 6.54 Å². The van der Waals surface area contributed by atoms with E-state index in [-0.39, 0.29) is 6.03 Å². The molecule has 0 bridgehead atoms. The number of urea groups is 1. The van der Waals surface area contributed by atoms with Gasteiger partial charge in [-0.1, -0.05) is 28.9 Å². The SMILES string of the molecule is Cc1cccc(-c2noc([C@@H](C)NC(=O)N(C)Cc3nncn3C)n2)c1. The number of rotatable bonds is 5. The maximum Gasteiger partial charge on any atom is 0.318 e. The largest absolute Gasteiger partial charge is 0.337 e. The van der Waals surface area contributed by atoms with E-state index in [1.165, 1.54) is 4.90 Å². The first kappa shape index (κ1) is 17.6. The lowest BCUT2D eigenvalue weighted by Crippen LogP contribution is -2.38. The molecule has 136 valence electrons. The van der Waals surface area contributed by atoms with E-state index in [1.54, 1.807) is 24.9 Å². The van der Waals surface area contributed by atoms with Crippen LogP contribution in [0.2, 0.25) is 0 Å². The fourth-order valence-electron chi connectivity index (χ4n) is 2.40. The number of carbonyl (C=O) groups is 1. The summed E-state index contributed by atoms with van der Waals surface area (Å²) in [5.74, 6) is 1.54. The standard InChI is InChI=1S/C17H21N7O2/c1-11-6-5-7-13(8-11)15-20-16(26-22-15)12(2)19-17(25)23(3)9-14-21-18-10-24(14)4/h5-8,10,12H,9H2,1-4H3,(H,19,25)/t12-/m1/s1. The third-order valence-electron chi connectivity index (χ3n) is 3.96. The summed E-state index contributed by atoms with van der Waals surface area (Å²) < 4.78 is 7.07. The van der Waals surface area contributed by atoms with E-state index in [0.717, 1.165) is 11.1 Å². The van der Waals surface area contributed by atoms with E-state index in [1.807, 2.05) is 38.2 Å². The Morgan fingerprint density at radius 2 is 2.23 bits per heavy atom. The van der Waals surface area contributed by atoms with E-state index < -0.39 is 6.04 Å². The van der Waals surface area contributed by atoms with Gasteiger partial charge in [0.25, 0.3) is 0 Å². The molecule has 2 heterocycles. The Labute approximate surface area is 151 Å². The van der Waals surface area contributed by atoms with Crippen molar-refractivity contribution in [1.82, 2.24) is 35.1 Å². The van der Waals surface area contributed by atoms with Crippen LogP contribution in [0, 0.1) is 6.92 Å². The number of nitrogens with one attached hydrogen (secondary N) is 1. The van der Waals surface area contributed by atoms with Gasteiger partial charge < -0.3 is 19.3 Å². The van der Waals surface area contributed by atoms with E-state index in [4.69, 9.17) is 4.52 Å². The zero-order chi connectivity index (χ0) is 18.7. The second-order valence-electron chi connectivity index (χ2n) is 6.21. The molecule has 2 amide bonds. The summed E-state index contributed by atoms with van der Waals surface area (Å²) in [7, 11) is 3.51. The minimum Gasteiger partial charge on any atom is -0.337 e. The fraction of sp³-hybridized carbons (Fsp3) is 0.353. The van der Waals surface area contributed by atoms with Crippen LogP contribution in [0.15, 0.2) is 35.1 Å². The van der Waals surface area contributed by atoms with Crippen molar-refractivity contribution in [1.29, 1.82) is 0 Å². The normalized spacial score (nSPS) is 12.0. The van der Waals surface area contributed by atoms with Gasteiger partial charge in [-0.3, -0.25) is 0 Å². The van der Waals surface area contributed by atoms with Crippen LogP contribution in [0.25, 0.3) is 11.4 Å². The van der Waals surface area contributed by atoms with Crippen molar-refractivity contribution in [3.8, 4) is 11.4 Å². The van der Waals surface area contributed by atoms with Crippen molar-refractivity contribution < 1.29 is 9.32 Å². The number of hydrogen-bond donors (Lipinski definition) is 1. The molecule has 3 rings (SSSR count). The van der Waals surface area contributed by atoms with Crippen molar-refractivity contribution in [3.63, 3.8) is 0 Å². The van der Waals surface area contributed by atoms with Crippen LogP contribution >= 0.6 is 0 Å². The van der Waals surface area contributed by atoms with E-state index in [9.17, 15) is 4.79 Å². The van der Waals surface area contributed by atoms with Gasteiger partial charge >= 0.3 is 6.03 Å². The van der Waals surface area contributed by atoms with Crippen LogP contribution in [0.3, 0.4) is 0 Å². The molecule has 0 unspecified atom stereocenters. The van der Waals surface area contributed by atoms with E-state index in [0.29, 0.717) is 24.1 Å². The Morgan fingerprint density at radius 1 is 1.42 bits per heavy atom. The van der Waals surface area contributed by atoms with Crippen LogP contribution in [-0.4, -0.2) is 42.9 Å². The lowest BCUT2D eigenvalue weighted by atomic mass is 10.1. The Morgan fingerprint density at radius 3 is 2.92 bits per heavy atom. The highest BCUT2D eigenvalue weighted by Gasteiger charge is 2.20. The highest BCUT2D eigenvalue weighted by atomic mass is 16.5. The number of benzene rings is 1. The number of aryl methyl sites for hydroxylation is 2. The Kier molecular flexibility index (Phi) is 4.97. The molecule has 0 fully saturated rings. The smallest absolute Gasteiger partial charge is 0.318 e. The Balaban J connectivity index is 1.63. The molecule has 0 saturated heterocycles. The first-order valence-electron chi connectivity index (χ1n) is 8.19. The first-order valence-corrected chi connectivity index (χ1v) is 8.19. The number of hydrogen-bond acceptors (Lipinski definition) is 6. The molecular formula is C17H21N7O2. The molecule has 0 saturated carbocycles. The van der Waals surface area contributed by atoms with Crippen molar-refractivity contribution >= 4 is 6.03 Å². The molecule has 1 N–H and O–H groups in total. The van der Waals surface area contributed by atoms with Crippen molar-refractivity contribution in [2.24, 2.45) is 7.05 Å². The second-order valence-corrected chi connectivity index (χ2v) is 6.21. The maximum absolute atomic E-state index is 12.4. The lowest BCUT2D eigenvalue weighted by molar-refractivity contribution is 0.198. The summed E-state index contributed by atoms with van der Waals surface area (Å²) in [5.41, 5.74) is 1.98. The summed E-state index contributed by atoms with van der Waals surface area (Å²) in [4.78, 5) is 18.3. The predicted molar refractivity (Wildman–Crippen MR) is 93.9 cm³/mol. The van der Waals surface area contributed by atoms with Gasteiger partial charge in [-0.25, -0.2) is 4.79 Å². The van der Waals surface area contributed by atoms with Crippen molar-refractivity contribution in [3.05, 3.63) is 47.9 Å². The monoisotopic (exact) mass is 355 g/mol. The van der Waals surface area contributed by atoms with Gasteiger partial charge in [0.2, 0.25) is 11.7 Å². The van der Waals surface area contributed by atoms with Gasteiger partial charge in [0.15, 0.2) is 5.82 Å². The van der Waals surface area contributed by atoms with Gasteiger partial charge in [-0.15, -0.1) is 10.2 Å². The fourth-order valence-corrected chi connectivity index (χ4v) is 2.40. The summed E-state index contributed by atoms with van der Waals surface area (Å²) in [6.45, 7) is 4.13. The number of aromatic nitrogens is 5. The van der Waals surface area contributed by atoms with Gasteiger partial charge in [-0.05, 0) is 19.9 Å². The molecule has 0 aliphatic heterocycles. The summed E-state index contributed by atoms with van der Waals surface area (Å²) in [5, 5.41) is 14.6. The zero-order valence-corrected chi connectivity index (χ0v) is 15.2. The highest BCUT2D eigenvalue weighted by molar-refractivity contribution is 5.74. The van der Waals surface area contributed by atoms with Crippen LogP contribution in [0.5, 0.6) is 0 Å². The molecule has 0 aliphatic rings. The van der Waals surface area contributed by atoms with Gasteiger partial charge in [-0.2, -0.15) is 4.98 Å². The Hall–Kier alpha value is -3.23. The molecule has 1 atom stereocenters. The average molecular weight is 355 g/mol. The Bertz CT molecular complexity index is 902. The van der Waals surface area contributed by atoms with Crippen molar-refractivity contribution in [2.75, 3.05) is 7.05 Å². The summed E-state index contributed by atoms with van der Waals surface area (Å²) in [6.07, 6.45) is 1.59. The third-order valence-corrected chi connectivity index (χ3v) is 3.96. The van der Waals surface area contributed by atoms with Gasteiger partial charge in [0.1, 0.15) is 12.4 Å². The lowest BCUT2D eigenvalue weighted by Gasteiger charge is -2.19.